The topological polar surface area (TPSA) is 98.8 Å². The monoisotopic (exact) mass is 363 g/mol. The standard InChI is InChI=1S/C17H17NO6S/c1-23-16(19)13-10-6-7-11-14(13)25(21,22)18-15(17(20)24-2)12-8-4-3-5-9-12/h3-11,15,18H,1-2H3/t15-/m1/s1. The van der Waals surface area contributed by atoms with Gasteiger partial charge in [-0.3, -0.25) is 0 Å². The second-order valence-electron chi connectivity index (χ2n) is 4.98. The Kier molecular flexibility index (Phi) is 5.89. The zero-order valence-electron chi connectivity index (χ0n) is 13.6. The van der Waals surface area contributed by atoms with Gasteiger partial charge in [0.05, 0.1) is 24.7 Å². The molecule has 0 heterocycles. The Morgan fingerprint density at radius 2 is 1.52 bits per heavy atom. The molecule has 0 spiro atoms. The maximum atomic E-state index is 12.8. The van der Waals surface area contributed by atoms with Crippen molar-refractivity contribution in [3.8, 4) is 0 Å². The van der Waals surface area contributed by atoms with Crippen LogP contribution in [0.3, 0.4) is 0 Å². The van der Waals surface area contributed by atoms with Crippen LogP contribution in [0.4, 0.5) is 0 Å². The number of nitrogens with one attached hydrogen (secondary N) is 1. The summed E-state index contributed by atoms with van der Waals surface area (Å²) in [5, 5.41) is 0. The highest BCUT2D eigenvalue weighted by Gasteiger charge is 2.30. The molecule has 2 aromatic rings. The number of benzene rings is 2. The molecule has 2 aromatic carbocycles. The summed E-state index contributed by atoms with van der Waals surface area (Å²) in [7, 11) is -1.89. The SMILES string of the molecule is COC(=O)c1ccccc1S(=O)(=O)N[C@@H](C(=O)OC)c1ccccc1. The van der Waals surface area contributed by atoms with Crippen LogP contribution in [0, 0.1) is 0 Å². The highest BCUT2D eigenvalue weighted by Crippen LogP contribution is 2.21. The van der Waals surface area contributed by atoms with Crippen molar-refractivity contribution in [2.45, 2.75) is 10.9 Å². The van der Waals surface area contributed by atoms with Gasteiger partial charge in [0.2, 0.25) is 10.0 Å². The first-order valence-electron chi connectivity index (χ1n) is 7.23. The smallest absolute Gasteiger partial charge is 0.339 e. The maximum Gasteiger partial charge on any atom is 0.339 e. The Labute approximate surface area is 145 Å². The highest BCUT2D eigenvalue weighted by molar-refractivity contribution is 7.89. The molecule has 132 valence electrons. The van der Waals surface area contributed by atoms with Crippen molar-refractivity contribution in [3.05, 3.63) is 65.7 Å². The quantitative estimate of drug-likeness (QED) is 0.784. The van der Waals surface area contributed by atoms with Gasteiger partial charge in [-0.1, -0.05) is 42.5 Å². The van der Waals surface area contributed by atoms with E-state index in [0.717, 1.165) is 14.2 Å². The van der Waals surface area contributed by atoms with E-state index in [4.69, 9.17) is 0 Å². The number of carbonyl (C=O) groups excluding carboxylic acids is 2. The van der Waals surface area contributed by atoms with E-state index >= 15 is 0 Å². The number of carbonyl (C=O) groups is 2. The summed E-state index contributed by atoms with van der Waals surface area (Å²) in [5.41, 5.74) is 0.280. The fraction of sp³-hybridized carbons (Fsp3) is 0.176. The van der Waals surface area contributed by atoms with E-state index in [0.29, 0.717) is 5.56 Å². The van der Waals surface area contributed by atoms with Gasteiger partial charge in [-0.2, -0.15) is 4.72 Å². The third-order valence-electron chi connectivity index (χ3n) is 3.42. The van der Waals surface area contributed by atoms with E-state index in [2.05, 4.69) is 14.2 Å². The fourth-order valence-corrected chi connectivity index (χ4v) is 3.58. The molecular formula is C17H17NO6S. The normalized spacial score (nSPS) is 12.2. The van der Waals surface area contributed by atoms with E-state index in [1.165, 1.54) is 24.3 Å². The molecule has 0 saturated carbocycles. The Balaban J connectivity index is 2.46. The molecule has 25 heavy (non-hydrogen) atoms. The van der Waals surface area contributed by atoms with Crippen molar-refractivity contribution in [2.75, 3.05) is 14.2 Å². The van der Waals surface area contributed by atoms with E-state index in [1.54, 1.807) is 30.3 Å². The number of sulfonamides is 1. The van der Waals surface area contributed by atoms with Crippen LogP contribution in [0.2, 0.25) is 0 Å². The predicted octanol–water partition coefficient (Wildman–Crippen LogP) is 1.67. The summed E-state index contributed by atoms with van der Waals surface area (Å²) in [6.45, 7) is 0. The van der Waals surface area contributed by atoms with Crippen LogP contribution in [-0.4, -0.2) is 34.6 Å². The molecule has 0 unspecified atom stereocenters. The van der Waals surface area contributed by atoms with E-state index < -0.39 is 28.0 Å². The van der Waals surface area contributed by atoms with Crippen LogP contribution >= 0.6 is 0 Å². The lowest BCUT2D eigenvalue weighted by Crippen LogP contribution is -2.35. The number of ether oxygens (including phenoxy) is 2. The predicted molar refractivity (Wildman–Crippen MR) is 89.3 cm³/mol. The third-order valence-corrected chi connectivity index (χ3v) is 4.91. The number of hydrogen-bond acceptors (Lipinski definition) is 6. The molecule has 0 radical (unpaired) electrons. The molecule has 0 bridgehead atoms. The van der Waals surface area contributed by atoms with Crippen LogP contribution < -0.4 is 4.72 Å². The van der Waals surface area contributed by atoms with Crippen molar-refractivity contribution in [2.24, 2.45) is 0 Å². The fourth-order valence-electron chi connectivity index (χ4n) is 2.21. The Morgan fingerprint density at radius 3 is 2.12 bits per heavy atom. The third kappa shape index (κ3) is 4.23. The van der Waals surface area contributed by atoms with Gasteiger partial charge in [0.15, 0.2) is 0 Å². The Morgan fingerprint density at radius 1 is 0.920 bits per heavy atom. The van der Waals surface area contributed by atoms with Crippen molar-refractivity contribution >= 4 is 22.0 Å². The van der Waals surface area contributed by atoms with Crippen LogP contribution in [0.15, 0.2) is 59.5 Å². The van der Waals surface area contributed by atoms with Crippen molar-refractivity contribution in [3.63, 3.8) is 0 Å². The second kappa shape index (κ2) is 7.91. The molecular weight excluding hydrogens is 346 g/mol. The van der Waals surface area contributed by atoms with E-state index in [-0.39, 0.29) is 10.5 Å². The number of hydrogen-bond donors (Lipinski definition) is 1. The average Bonchev–Trinajstić information content (AvgIpc) is 2.65. The lowest BCUT2D eigenvalue weighted by molar-refractivity contribution is -0.142. The van der Waals surface area contributed by atoms with E-state index in [1.807, 2.05) is 0 Å². The van der Waals surface area contributed by atoms with Gasteiger partial charge >= 0.3 is 11.9 Å². The largest absolute Gasteiger partial charge is 0.468 e. The highest BCUT2D eigenvalue weighted by atomic mass is 32.2. The number of esters is 2. The molecule has 1 N–H and O–H groups in total. The summed E-state index contributed by atoms with van der Waals surface area (Å²) in [6, 6.07) is 12.6. The molecule has 1 atom stereocenters. The van der Waals surface area contributed by atoms with Crippen molar-refractivity contribution in [1.82, 2.24) is 4.72 Å². The van der Waals surface area contributed by atoms with Crippen molar-refractivity contribution in [1.29, 1.82) is 0 Å². The summed E-state index contributed by atoms with van der Waals surface area (Å²) >= 11 is 0. The minimum absolute atomic E-state index is 0.130. The van der Waals surface area contributed by atoms with Gasteiger partial charge in [-0.25, -0.2) is 18.0 Å². The first-order valence-corrected chi connectivity index (χ1v) is 8.71. The minimum atomic E-state index is -4.20. The zero-order valence-corrected chi connectivity index (χ0v) is 14.4. The average molecular weight is 363 g/mol. The molecule has 0 saturated heterocycles. The van der Waals surface area contributed by atoms with Gasteiger partial charge < -0.3 is 9.47 Å². The molecule has 0 aliphatic heterocycles. The Hall–Kier alpha value is -2.71. The first-order chi connectivity index (χ1) is 11.9. The van der Waals surface area contributed by atoms with Crippen LogP contribution in [0.1, 0.15) is 22.0 Å². The van der Waals surface area contributed by atoms with E-state index in [9.17, 15) is 18.0 Å². The summed E-state index contributed by atoms with van der Waals surface area (Å²) in [5.74, 6) is -1.57. The van der Waals surface area contributed by atoms with Crippen molar-refractivity contribution < 1.29 is 27.5 Å². The van der Waals surface area contributed by atoms with Gasteiger partial charge in [0.25, 0.3) is 0 Å². The molecule has 0 aromatic heterocycles. The summed E-state index contributed by atoms with van der Waals surface area (Å²) < 4.78 is 37.1. The minimum Gasteiger partial charge on any atom is -0.468 e. The van der Waals surface area contributed by atoms with Gasteiger partial charge in [0.1, 0.15) is 6.04 Å². The van der Waals surface area contributed by atoms with Crippen LogP contribution in [0.5, 0.6) is 0 Å². The summed E-state index contributed by atoms with van der Waals surface area (Å²) in [4.78, 5) is 23.6. The lowest BCUT2D eigenvalue weighted by atomic mass is 10.1. The lowest BCUT2D eigenvalue weighted by Gasteiger charge is -2.18. The molecule has 0 amide bonds. The van der Waals surface area contributed by atoms with Gasteiger partial charge in [0, 0.05) is 0 Å². The van der Waals surface area contributed by atoms with Crippen LogP contribution in [-0.2, 0) is 24.3 Å². The second-order valence-corrected chi connectivity index (χ2v) is 6.66. The zero-order chi connectivity index (χ0) is 18.4. The molecule has 0 fully saturated rings. The molecule has 8 heteroatoms. The van der Waals surface area contributed by atoms with Gasteiger partial charge in [-0.05, 0) is 17.7 Å². The number of rotatable bonds is 6. The molecule has 2 rings (SSSR count). The molecule has 0 aliphatic carbocycles. The Bertz CT molecular complexity index is 864. The van der Waals surface area contributed by atoms with Crippen LogP contribution in [0.25, 0.3) is 0 Å². The molecule has 7 nitrogen and oxygen atoms in total. The first kappa shape index (κ1) is 18.6. The van der Waals surface area contributed by atoms with Gasteiger partial charge in [-0.15, -0.1) is 0 Å². The number of methoxy groups -OCH3 is 2. The molecule has 0 aliphatic rings. The summed E-state index contributed by atoms with van der Waals surface area (Å²) in [6.07, 6.45) is 0. The maximum absolute atomic E-state index is 12.8.